The van der Waals surface area contributed by atoms with Crippen molar-refractivity contribution in [1.82, 2.24) is 9.97 Å². The van der Waals surface area contributed by atoms with E-state index < -0.39 is 11.9 Å². The highest BCUT2D eigenvalue weighted by atomic mass is 19.1. The van der Waals surface area contributed by atoms with Crippen molar-refractivity contribution >= 4 is 11.6 Å². The smallest absolute Gasteiger partial charge is 0.257 e. The van der Waals surface area contributed by atoms with E-state index in [1.54, 1.807) is 0 Å². The monoisotopic (exact) mass is 233 g/mol. The van der Waals surface area contributed by atoms with Gasteiger partial charge in [-0.3, -0.25) is 9.78 Å². The summed E-state index contributed by atoms with van der Waals surface area (Å²) < 4.78 is 12.5. The van der Waals surface area contributed by atoms with Gasteiger partial charge in [0.25, 0.3) is 5.91 Å². The van der Waals surface area contributed by atoms with E-state index in [-0.39, 0.29) is 11.3 Å². The number of hydrogen-bond acceptors (Lipinski definition) is 4. The number of aromatic nitrogens is 2. The predicted octanol–water partition coefficient (Wildman–Crippen LogP) is 1.57. The van der Waals surface area contributed by atoms with E-state index in [1.807, 2.05) is 0 Å². The van der Waals surface area contributed by atoms with Crippen LogP contribution in [0.2, 0.25) is 0 Å². The summed E-state index contributed by atoms with van der Waals surface area (Å²) in [6, 6.07) is 3.80. The average molecular weight is 233 g/mol. The van der Waals surface area contributed by atoms with Crippen LogP contribution in [-0.2, 0) is 0 Å². The predicted molar refractivity (Wildman–Crippen MR) is 58.1 cm³/mol. The summed E-state index contributed by atoms with van der Waals surface area (Å²) >= 11 is 0. The quantitative estimate of drug-likeness (QED) is 0.772. The number of rotatable bonds is 2. The zero-order valence-corrected chi connectivity index (χ0v) is 8.59. The molecule has 86 valence electrons. The Morgan fingerprint density at radius 3 is 2.76 bits per heavy atom. The number of halogens is 1. The number of pyridine rings is 2. The fourth-order valence-corrected chi connectivity index (χ4v) is 1.20. The van der Waals surface area contributed by atoms with Gasteiger partial charge in [-0.05, 0) is 18.2 Å². The SMILES string of the molecule is O=C(Nc1ccc(F)nc1)c1cncc(O)c1. The van der Waals surface area contributed by atoms with E-state index >= 15 is 0 Å². The van der Waals surface area contributed by atoms with E-state index in [0.717, 1.165) is 6.07 Å². The maximum absolute atomic E-state index is 12.5. The second kappa shape index (κ2) is 4.56. The molecule has 0 bridgehead atoms. The zero-order valence-electron chi connectivity index (χ0n) is 8.59. The molecule has 5 nitrogen and oxygen atoms in total. The minimum atomic E-state index is -0.623. The molecule has 0 aliphatic rings. The summed E-state index contributed by atoms with van der Waals surface area (Å²) in [5.74, 6) is -1.18. The molecule has 2 aromatic rings. The molecule has 0 saturated heterocycles. The van der Waals surface area contributed by atoms with Crippen LogP contribution in [0.1, 0.15) is 10.4 Å². The van der Waals surface area contributed by atoms with Crippen LogP contribution in [0.15, 0.2) is 36.8 Å². The van der Waals surface area contributed by atoms with Crippen LogP contribution in [0.4, 0.5) is 10.1 Å². The Balaban J connectivity index is 2.14. The number of anilines is 1. The third-order valence-corrected chi connectivity index (χ3v) is 1.97. The Morgan fingerprint density at radius 1 is 1.29 bits per heavy atom. The van der Waals surface area contributed by atoms with Crippen LogP contribution in [0, 0.1) is 5.95 Å². The van der Waals surface area contributed by atoms with Crippen molar-refractivity contribution in [2.45, 2.75) is 0 Å². The van der Waals surface area contributed by atoms with Crippen molar-refractivity contribution in [2.24, 2.45) is 0 Å². The van der Waals surface area contributed by atoms with Crippen LogP contribution in [0.25, 0.3) is 0 Å². The second-order valence-corrected chi connectivity index (χ2v) is 3.26. The molecule has 0 saturated carbocycles. The molecule has 0 aliphatic heterocycles. The van der Waals surface area contributed by atoms with Gasteiger partial charge in [0.05, 0.1) is 23.6 Å². The Hall–Kier alpha value is -2.50. The minimum Gasteiger partial charge on any atom is -0.506 e. The standard InChI is InChI=1S/C11H8FN3O2/c12-10-2-1-8(5-14-10)15-11(17)7-3-9(16)6-13-4-7/h1-6,16H,(H,15,17). The largest absolute Gasteiger partial charge is 0.506 e. The Kier molecular flexibility index (Phi) is 2.95. The fourth-order valence-electron chi connectivity index (χ4n) is 1.20. The van der Waals surface area contributed by atoms with Gasteiger partial charge in [-0.25, -0.2) is 4.98 Å². The molecular formula is C11H8FN3O2. The van der Waals surface area contributed by atoms with Crippen molar-refractivity contribution in [2.75, 3.05) is 5.32 Å². The third-order valence-electron chi connectivity index (χ3n) is 1.97. The average Bonchev–Trinajstić information content (AvgIpc) is 2.32. The molecule has 2 heterocycles. The first-order valence-electron chi connectivity index (χ1n) is 4.72. The van der Waals surface area contributed by atoms with Gasteiger partial charge in [0, 0.05) is 6.20 Å². The molecule has 2 rings (SSSR count). The molecule has 2 aromatic heterocycles. The minimum absolute atomic E-state index is 0.102. The van der Waals surface area contributed by atoms with Gasteiger partial charge in [-0.2, -0.15) is 4.39 Å². The van der Waals surface area contributed by atoms with Gasteiger partial charge in [0.15, 0.2) is 0 Å². The van der Waals surface area contributed by atoms with E-state index in [0.29, 0.717) is 5.69 Å². The van der Waals surface area contributed by atoms with Crippen LogP contribution < -0.4 is 5.32 Å². The Bertz CT molecular complexity index is 543. The first-order valence-corrected chi connectivity index (χ1v) is 4.72. The Labute approximate surface area is 96.0 Å². The van der Waals surface area contributed by atoms with E-state index in [2.05, 4.69) is 15.3 Å². The molecule has 0 unspecified atom stereocenters. The number of aromatic hydroxyl groups is 1. The molecule has 0 radical (unpaired) electrons. The highest BCUT2D eigenvalue weighted by Gasteiger charge is 2.07. The van der Waals surface area contributed by atoms with Crippen LogP contribution in [0.3, 0.4) is 0 Å². The summed E-state index contributed by atoms with van der Waals surface area (Å²) in [7, 11) is 0. The van der Waals surface area contributed by atoms with Crippen LogP contribution in [-0.4, -0.2) is 21.0 Å². The first-order chi connectivity index (χ1) is 8.15. The fraction of sp³-hybridized carbons (Fsp3) is 0. The van der Waals surface area contributed by atoms with Gasteiger partial charge in [0.2, 0.25) is 5.95 Å². The lowest BCUT2D eigenvalue weighted by Gasteiger charge is -2.04. The van der Waals surface area contributed by atoms with Gasteiger partial charge in [-0.1, -0.05) is 0 Å². The van der Waals surface area contributed by atoms with Gasteiger partial charge in [0.1, 0.15) is 5.75 Å². The maximum atomic E-state index is 12.5. The molecule has 6 heteroatoms. The third kappa shape index (κ3) is 2.75. The highest BCUT2D eigenvalue weighted by Crippen LogP contribution is 2.11. The summed E-state index contributed by atoms with van der Waals surface area (Å²) in [6.45, 7) is 0. The first kappa shape index (κ1) is 11.0. The number of carbonyl (C=O) groups excluding carboxylic acids is 1. The summed E-state index contributed by atoms with van der Waals surface area (Å²) in [5, 5.41) is 11.7. The lowest BCUT2D eigenvalue weighted by atomic mass is 10.2. The van der Waals surface area contributed by atoms with Crippen LogP contribution >= 0.6 is 0 Å². The van der Waals surface area contributed by atoms with Crippen molar-refractivity contribution < 1.29 is 14.3 Å². The van der Waals surface area contributed by atoms with Crippen LogP contribution in [0.5, 0.6) is 5.75 Å². The molecule has 0 aliphatic carbocycles. The zero-order chi connectivity index (χ0) is 12.3. The van der Waals surface area contributed by atoms with Crippen molar-refractivity contribution in [3.63, 3.8) is 0 Å². The molecule has 1 amide bonds. The van der Waals surface area contributed by atoms with Crippen molar-refractivity contribution in [3.05, 3.63) is 48.3 Å². The Morgan fingerprint density at radius 2 is 2.12 bits per heavy atom. The molecule has 17 heavy (non-hydrogen) atoms. The molecule has 0 atom stereocenters. The number of nitrogens with one attached hydrogen (secondary N) is 1. The van der Waals surface area contributed by atoms with Gasteiger partial charge < -0.3 is 10.4 Å². The molecule has 0 spiro atoms. The second-order valence-electron chi connectivity index (χ2n) is 3.26. The summed E-state index contributed by atoms with van der Waals surface area (Å²) in [5.41, 5.74) is 0.564. The number of hydrogen-bond donors (Lipinski definition) is 2. The lowest BCUT2D eigenvalue weighted by Crippen LogP contribution is -2.12. The highest BCUT2D eigenvalue weighted by molar-refractivity contribution is 6.04. The van der Waals surface area contributed by atoms with Crippen molar-refractivity contribution in [1.29, 1.82) is 0 Å². The summed E-state index contributed by atoms with van der Waals surface area (Å²) in [6.07, 6.45) is 3.73. The van der Waals surface area contributed by atoms with Gasteiger partial charge >= 0.3 is 0 Å². The number of carbonyl (C=O) groups is 1. The van der Waals surface area contributed by atoms with Crippen molar-refractivity contribution in [3.8, 4) is 5.75 Å². The van der Waals surface area contributed by atoms with E-state index in [9.17, 15) is 9.18 Å². The molecule has 0 fully saturated rings. The maximum Gasteiger partial charge on any atom is 0.257 e. The lowest BCUT2D eigenvalue weighted by molar-refractivity contribution is 0.102. The van der Waals surface area contributed by atoms with E-state index in [4.69, 9.17) is 5.11 Å². The molecule has 2 N–H and O–H groups in total. The number of amides is 1. The topological polar surface area (TPSA) is 75.1 Å². The van der Waals surface area contributed by atoms with Gasteiger partial charge in [-0.15, -0.1) is 0 Å². The summed E-state index contributed by atoms with van der Waals surface area (Å²) in [4.78, 5) is 18.7. The normalized spacial score (nSPS) is 9.94. The molecular weight excluding hydrogens is 225 g/mol. The molecule has 0 aromatic carbocycles. The van der Waals surface area contributed by atoms with E-state index in [1.165, 1.54) is 30.7 Å². The number of nitrogens with zero attached hydrogens (tertiary/aromatic N) is 2.